The van der Waals surface area contributed by atoms with E-state index in [1.807, 2.05) is 34.0 Å². The number of fused-ring (bicyclic) bond motifs is 1. The monoisotopic (exact) mass is 357 g/mol. The van der Waals surface area contributed by atoms with E-state index >= 15 is 0 Å². The van der Waals surface area contributed by atoms with E-state index in [9.17, 15) is 9.59 Å². The van der Waals surface area contributed by atoms with E-state index in [4.69, 9.17) is 4.74 Å². The van der Waals surface area contributed by atoms with Crippen molar-refractivity contribution in [2.75, 3.05) is 7.11 Å². The Kier molecular flexibility index (Phi) is 4.67. The highest BCUT2D eigenvalue weighted by Gasteiger charge is 2.19. The Morgan fingerprint density at radius 2 is 2.04 bits per heavy atom. The van der Waals surface area contributed by atoms with Gasteiger partial charge in [-0.25, -0.2) is 14.6 Å². The molecule has 0 atom stereocenters. The van der Waals surface area contributed by atoms with E-state index < -0.39 is 5.97 Å². The minimum atomic E-state index is -0.479. The number of rotatable bonds is 5. The van der Waals surface area contributed by atoms with Crippen LogP contribution < -0.4 is 5.69 Å². The van der Waals surface area contributed by atoms with Crippen molar-refractivity contribution in [1.29, 1.82) is 0 Å². The van der Waals surface area contributed by atoms with E-state index in [2.05, 4.69) is 10.1 Å². The third-order valence-electron chi connectivity index (χ3n) is 4.27. The zero-order valence-electron chi connectivity index (χ0n) is 15.7. The van der Waals surface area contributed by atoms with Crippen molar-refractivity contribution in [3.05, 3.63) is 45.8 Å². The van der Waals surface area contributed by atoms with Gasteiger partial charge in [0.05, 0.1) is 30.4 Å². The molecule has 3 rings (SSSR count). The summed E-state index contributed by atoms with van der Waals surface area (Å²) in [4.78, 5) is 29.3. The Labute approximate surface area is 151 Å². The Balaban J connectivity index is 2.21. The fourth-order valence-corrected chi connectivity index (χ4v) is 3.08. The van der Waals surface area contributed by atoms with Gasteiger partial charge in [0, 0.05) is 31.5 Å². The average Bonchev–Trinajstić information content (AvgIpc) is 3.04. The van der Waals surface area contributed by atoms with E-state index in [-0.39, 0.29) is 11.6 Å². The van der Waals surface area contributed by atoms with Crippen LogP contribution in [0.3, 0.4) is 0 Å². The molecule has 0 aromatic carbocycles. The van der Waals surface area contributed by atoms with Crippen LogP contribution >= 0.6 is 0 Å². The molecule has 8 heteroatoms. The molecule has 0 saturated carbocycles. The molecule has 0 aliphatic rings. The number of aromatic nitrogens is 5. The number of imidazole rings is 1. The number of ether oxygens (including phenoxy) is 1. The topological polar surface area (TPSA) is 83.9 Å². The third-order valence-corrected chi connectivity index (χ3v) is 4.27. The minimum Gasteiger partial charge on any atom is -0.465 e. The number of carbonyl (C=O) groups excluding carboxylic acids is 1. The normalized spacial score (nSPS) is 11.5. The van der Waals surface area contributed by atoms with E-state index in [0.29, 0.717) is 29.8 Å². The van der Waals surface area contributed by atoms with Crippen LogP contribution in [0.4, 0.5) is 0 Å². The molecule has 3 aromatic rings. The highest BCUT2D eigenvalue weighted by Crippen LogP contribution is 2.17. The molecule has 0 spiro atoms. The molecular weight excluding hydrogens is 334 g/mol. The van der Waals surface area contributed by atoms with Gasteiger partial charge in [-0.05, 0) is 18.9 Å². The second kappa shape index (κ2) is 6.78. The van der Waals surface area contributed by atoms with Crippen LogP contribution in [-0.2, 0) is 24.9 Å². The van der Waals surface area contributed by atoms with Gasteiger partial charge < -0.3 is 4.74 Å². The van der Waals surface area contributed by atoms with Gasteiger partial charge in [0.2, 0.25) is 0 Å². The Hall–Kier alpha value is -2.90. The van der Waals surface area contributed by atoms with Gasteiger partial charge in [0.1, 0.15) is 0 Å². The molecule has 8 nitrogen and oxygen atoms in total. The van der Waals surface area contributed by atoms with Gasteiger partial charge >= 0.3 is 11.7 Å². The quantitative estimate of drug-likeness (QED) is 0.649. The van der Waals surface area contributed by atoms with Gasteiger partial charge in [0.25, 0.3) is 0 Å². The largest absolute Gasteiger partial charge is 0.465 e. The number of pyridine rings is 1. The highest BCUT2D eigenvalue weighted by molar-refractivity contribution is 5.92. The van der Waals surface area contributed by atoms with Gasteiger partial charge in [0.15, 0.2) is 5.65 Å². The van der Waals surface area contributed by atoms with Crippen LogP contribution in [0, 0.1) is 12.8 Å². The Morgan fingerprint density at radius 3 is 2.62 bits per heavy atom. The van der Waals surface area contributed by atoms with E-state index in [1.165, 1.54) is 13.3 Å². The molecule has 0 unspecified atom stereocenters. The smallest absolute Gasteiger partial charge is 0.339 e. The summed E-state index contributed by atoms with van der Waals surface area (Å²) in [5.74, 6) is -0.193. The Bertz CT molecular complexity index is 1030. The molecule has 0 fully saturated rings. The molecule has 0 saturated heterocycles. The second-order valence-electron chi connectivity index (χ2n) is 6.84. The van der Waals surface area contributed by atoms with Gasteiger partial charge in [-0.15, -0.1) is 0 Å². The predicted octanol–water partition coefficient (Wildman–Crippen LogP) is 1.73. The van der Waals surface area contributed by atoms with Crippen LogP contribution in [-0.4, -0.2) is 37.0 Å². The lowest BCUT2D eigenvalue weighted by Gasteiger charge is -2.05. The van der Waals surface area contributed by atoms with Crippen LogP contribution in [0.2, 0.25) is 0 Å². The molecule has 0 aliphatic carbocycles. The molecule has 26 heavy (non-hydrogen) atoms. The van der Waals surface area contributed by atoms with E-state index in [0.717, 1.165) is 11.3 Å². The summed E-state index contributed by atoms with van der Waals surface area (Å²) in [6, 6.07) is 1.66. The summed E-state index contributed by atoms with van der Waals surface area (Å²) in [5, 5.41) is 4.34. The number of methoxy groups -OCH3 is 1. The molecular formula is C18H23N5O3. The van der Waals surface area contributed by atoms with Crippen molar-refractivity contribution in [3.8, 4) is 0 Å². The number of aryl methyl sites for hydroxylation is 2. The van der Waals surface area contributed by atoms with Crippen LogP contribution in [0.1, 0.15) is 35.5 Å². The molecule has 138 valence electrons. The van der Waals surface area contributed by atoms with Crippen molar-refractivity contribution in [3.63, 3.8) is 0 Å². The maximum absolute atomic E-state index is 13.0. The third kappa shape index (κ3) is 3.14. The molecule has 0 bridgehead atoms. The zero-order valence-corrected chi connectivity index (χ0v) is 15.7. The number of carbonyl (C=O) groups is 1. The summed E-state index contributed by atoms with van der Waals surface area (Å²) >= 11 is 0. The molecule has 3 aromatic heterocycles. The highest BCUT2D eigenvalue weighted by atomic mass is 16.5. The van der Waals surface area contributed by atoms with Crippen molar-refractivity contribution < 1.29 is 9.53 Å². The summed E-state index contributed by atoms with van der Waals surface area (Å²) in [5.41, 5.74) is 3.16. The van der Waals surface area contributed by atoms with Crippen LogP contribution in [0.25, 0.3) is 11.2 Å². The van der Waals surface area contributed by atoms with Crippen molar-refractivity contribution in [2.24, 2.45) is 13.0 Å². The average molecular weight is 357 g/mol. The summed E-state index contributed by atoms with van der Waals surface area (Å²) in [6.45, 7) is 6.92. The van der Waals surface area contributed by atoms with Crippen molar-refractivity contribution in [1.82, 2.24) is 23.9 Å². The van der Waals surface area contributed by atoms with E-state index in [1.54, 1.807) is 19.9 Å². The second-order valence-corrected chi connectivity index (χ2v) is 6.84. The first kappa shape index (κ1) is 17.9. The predicted molar refractivity (Wildman–Crippen MR) is 97.2 cm³/mol. The van der Waals surface area contributed by atoms with Gasteiger partial charge in [-0.3, -0.25) is 13.8 Å². The Morgan fingerprint density at radius 1 is 1.31 bits per heavy atom. The first-order valence-electron chi connectivity index (χ1n) is 8.48. The van der Waals surface area contributed by atoms with Crippen molar-refractivity contribution >= 4 is 17.1 Å². The summed E-state index contributed by atoms with van der Waals surface area (Å²) < 4.78 is 9.80. The number of nitrogens with zero attached hydrogens (tertiary/aromatic N) is 5. The molecule has 0 aliphatic heterocycles. The molecule has 0 amide bonds. The number of hydrogen-bond acceptors (Lipinski definition) is 5. The first-order valence-corrected chi connectivity index (χ1v) is 8.48. The minimum absolute atomic E-state index is 0.147. The number of hydrogen-bond donors (Lipinski definition) is 0. The van der Waals surface area contributed by atoms with Gasteiger partial charge in [-0.2, -0.15) is 5.10 Å². The first-order chi connectivity index (χ1) is 12.3. The lowest BCUT2D eigenvalue weighted by atomic mass is 10.2. The SMILES string of the molecule is COC(=O)c1cnc2c(c1)n(Cc1cn(C)nc1C)c(=O)n2CC(C)C. The number of esters is 1. The van der Waals surface area contributed by atoms with Crippen LogP contribution in [0.5, 0.6) is 0 Å². The maximum Gasteiger partial charge on any atom is 0.339 e. The van der Waals surface area contributed by atoms with Crippen LogP contribution in [0.15, 0.2) is 23.3 Å². The molecule has 0 radical (unpaired) electrons. The van der Waals surface area contributed by atoms with Gasteiger partial charge in [-0.1, -0.05) is 13.8 Å². The maximum atomic E-state index is 13.0. The molecule has 3 heterocycles. The van der Waals surface area contributed by atoms with Crippen molar-refractivity contribution in [2.45, 2.75) is 33.9 Å². The lowest BCUT2D eigenvalue weighted by Crippen LogP contribution is -2.26. The lowest BCUT2D eigenvalue weighted by molar-refractivity contribution is 0.0600. The standard InChI is InChI=1S/C18H23N5O3/c1-11(2)8-23-16-15(6-13(7-19-16)17(24)26-5)22(18(23)25)10-14-9-21(4)20-12(14)3/h6-7,9,11H,8,10H2,1-5H3. The summed E-state index contributed by atoms with van der Waals surface area (Å²) in [7, 11) is 3.17. The molecule has 0 N–H and O–H groups in total. The fraction of sp³-hybridized carbons (Fsp3) is 0.444. The summed E-state index contributed by atoms with van der Waals surface area (Å²) in [6.07, 6.45) is 3.34. The fourth-order valence-electron chi connectivity index (χ4n) is 3.08. The zero-order chi connectivity index (χ0) is 19.0.